The second kappa shape index (κ2) is 6.86. The third-order valence-corrected chi connectivity index (χ3v) is 5.50. The van der Waals surface area contributed by atoms with Crippen molar-refractivity contribution in [2.45, 2.75) is 44.1 Å². The molecule has 1 aliphatic rings. The maximum absolute atomic E-state index is 11.6. The van der Waals surface area contributed by atoms with E-state index in [1.165, 1.54) is 7.11 Å². The van der Waals surface area contributed by atoms with Crippen LogP contribution in [-0.2, 0) is 16.6 Å². The number of nitrogens with one attached hydrogen (secondary N) is 2. The lowest BCUT2D eigenvalue weighted by Gasteiger charge is -2.35. The monoisotopic (exact) mass is 385 g/mol. The number of H-pyrrole nitrogens is 1. The average Bonchev–Trinajstić information content (AvgIpc) is 3.27. The van der Waals surface area contributed by atoms with Gasteiger partial charge in [-0.15, -0.1) is 0 Å². The summed E-state index contributed by atoms with van der Waals surface area (Å²) < 4.78 is 7.04. The number of fused-ring (bicyclic) bond motifs is 1. The predicted octanol–water partition coefficient (Wildman–Crippen LogP) is 2.27. The minimum Gasteiger partial charge on any atom is -0.479 e. The van der Waals surface area contributed by atoms with E-state index in [0.29, 0.717) is 43.1 Å². The summed E-state index contributed by atoms with van der Waals surface area (Å²) in [5.74, 6) is 1.14. The highest BCUT2D eigenvalue weighted by Gasteiger charge is 2.43. The first kappa shape index (κ1) is 18.4. The van der Waals surface area contributed by atoms with Crippen LogP contribution in [0.4, 0.5) is 11.6 Å². The Balaban J connectivity index is 1.66. The van der Waals surface area contributed by atoms with Crippen LogP contribution in [0.3, 0.4) is 0 Å². The van der Waals surface area contributed by atoms with Gasteiger partial charge in [-0.2, -0.15) is 10.2 Å². The van der Waals surface area contributed by atoms with Crippen molar-refractivity contribution in [3.8, 4) is 0 Å². The van der Waals surface area contributed by atoms with Crippen molar-refractivity contribution in [2.75, 3.05) is 12.4 Å². The third-order valence-electron chi connectivity index (χ3n) is 5.50. The van der Waals surface area contributed by atoms with Gasteiger partial charge in [-0.3, -0.25) is 9.78 Å². The Morgan fingerprint density at radius 3 is 2.75 bits per heavy atom. The molecule has 4 rings (SSSR count). The van der Waals surface area contributed by atoms with E-state index in [2.05, 4.69) is 20.6 Å². The summed E-state index contributed by atoms with van der Waals surface area (Å²) in [4.78, 5) is 21.1. The van der Waals surface area contributed by atoms with Crippen LogP contribution in [0.15, 0.2) is 12.3 Å². The van der Waals surface area contributed by atoms with E-state index in [1.54, 1.807) is 10.9 Å². The number of aromatic amines is 1. The van der Waals surface area contributed by atoms with Gasteiger partial charge in [-0.25, -0.2) is 14.8 Å². The van der Waals surface area contributed by atoms with Crippen molar-refractivity contribution in [1.29, 1.82) is 0 Å². The van der Waals surface area contributed by atoms with Crippen LogP contribution in [0.1, 0.15) is 43.1 Å². The largest absolute Gasteiger partial charge is 0.479 e. The lowest BCUT2D eigenvalue weighted by Crippen LogP contribution is -2.43. The minimum absolute atomic E-state index is 0.0587. The molecule has 0 aliphatic heterocycles. The SMILES string of the molecule is COC1(C(=O)O)CCC(c2nc(Nc3cc(C)[nH]n3)c3cnn(C)c3n2)CC1. The maximum atomic E-state index is 11.6. The van der Waals surface area contributed by atoms with Gasteiger partial charge in [0, 0.05) is 31.8 Å². The number of carbonyl (C=O) groups is 1. The molecule has 10 heteroatoms. The predicted molar refractivity (Wildman–Crippen MR) is 101 cm³/mol. The van der Waals surface area contributed by atoms with Gasteiger partial charge in [-0.1, -0.05) is 0 Å². The summed E-state index contributed by atoms with van der Waals surface area (Å²) in [6.45, 7) is 1.93. The van der Waals surface area contributed by atoms with E-state index in [1.807, 2.05) is 20.0 Å². The number of anilines is 2. The number of hydrogen-bond donors (Lipinski definition) is 3. The molecule has 148 valence electrons. The van der Waals surface area contributed by atoms with Crippen molar-refractivity contribution in [1.82, 2.24) is 29.9 Å². The Bertz CT molecular complexity index is 1020. The topological polar surface area (TPSA) is 131 Å². The van der Waals surface area contributed by atoms with Crippen LogP contribution in [0.25, 0.3) is 11.0 Å². The number of carboxylic acid groups (broad SMARTS) is 1. The van der Waals surface area contributed by atoms with E-state index in [-0.39, 0.29) is 5.92 Å². The fourth-order valence-electron chi connectivity index (χ4n) is 3.77. The molecule has 1 aliphatic carbocycles. The molecule has 0 saturated heterocycles. The third kappa shape index (κ3) is 3.09. The van der Waals surface area contributed by atoms with Gasteiger partial charge in [-0.05, 0) is 32.6 Å². The molecule has 28 heavy (non-hydrogen) atoms. The molecule has 3 N–H and O–H groups in total. The van der Waals surface area contributed by atoms with Crippen LogP contribution in [0, 0.1) is 6.92 Å². The van der Waals surface area contributed by atoms with Crippen molar-refractivity contribution >= 4 is 28.6 Å². The quantitative estimate of drug-likeness (QED) is 0.609. The van der Waals surface area contributed by atoms with E-state index in [4.69, 9.17) is 14.7 Å². The van der Waals surface area contributed by atoms with Gasteiger partial charge in [0.2, 0.25) is 0 Å². The molecule has 3 aromatic heterocycles. The van der Waals surface area contributed by atoms with E-state index in [0.717, 1.165) is 16.7 Å². The average molecular weight is 385 g/mol. The van der Waals surface area contributed by atoms with Gasteiger partial charge in [0.05, 0.1) is 11.6 Å². The number of hydrogen-bond acceptors (Lipinski definition) is 7. The molecule has 0 radical (unpaired) electrons. The van der Waals surface area contributed by atoms with Crippen molar-refractivity contribution < 1.29 is 14.6 Å². The molecular weight excluding hydrogens is 362 g/mol. The zero-order valence-electron chi connectivity index (χ0n) is 16.1. The van der Waals surface area contributed by atoms with Crippen molar-refractivity contribution in [2.24, 2.45) is 7.05 Å². The van der Waals surface area contributed by atoms with Gasteiger partial charge in [0.15, 0.2) is 17.1 Å². The molecule has 0 spiro atoms. The highest BCUT2D eigenvalue weighted by Crippen LogP contribution is 2.39. The normalized spacial score (nSPS) is 22.5. The Morgan fingerprint density at radius 1 is 1.39 bits per heavy atom. The standard InChI is InChI=1S/C18H23N7O3/c1-10-8-13(24-23-10)20-15-12-9-19-25(2)16(12)22-14(21-15)11-4-6-18(28-3,7-5-11)17(26)27/h8-9,11H,4-7H2,1-3H3,(H,26,27)(H2,20,21,22,23,24). The zero-order chi connectivity index (χ0) is 19.9. The van der Waals surface area contributed by atoms with E-state index in [9.17, 15) is 9.90 Å². The highest BCUT2D eigenvalue weighted by atomic mass is 16.5. The van der Waals surface area contributed by atoms with Gasteiger partial charge < -0.3 is 15.2 Å². The molecule has 0 aromatic carbocycles. The van der Waals surface area contributed by atoms with Crippen LogP contribution >= 0.6 is 0 Å². The maximum Gasteiger partial charge on any atom is 0.335 e. The molecule has 0 bridgehead atoms. The number of carboxylic acids is 1. The Morgan fingerprint density at radius 2 is 2.14 bits per heavy atom. The lowest BCUT2D eigenvalue weighted by molar-refractivity contribution is -0.166. The molecule has 3 heterocycles. The van der Waals surface area contributed by atoms with Crippen LogP contribution in [0.2, 0.25) is 0 Å². The molecule has 3 aromatic rings. The summed E-state index contributed by atoms with van der Waals surface area (Å²) in [5.41, 5.74) is 0.554. The molecule has 1 saturated carbocycles. The first-order chi connectivity index (χ1) is 13.4. The molecule has 0 unspecified atom stereocenters. The number of aromatic nitrogens is 6. The first-order valence-corrected chi connectivity index (χ1v) is 9.19. The summed E-state index contributed by atoms with van der Waals surface area (Å²) in [7, 11) is 3.30. The molecule has 0 atom stereocenters. The lowest BCUT2D eigenvalue weighted by atomic mass is 9.78. The molecule has 10 nitrogen and oxygen atoms in total. The number of ether oxygens (including phenoxy) is 1. The second-order valence-corrected chi connectivity index (χ2v) is 7.27. The molecule has 1 fully saturated rings. The number of nitrogens with zero attached hydrogens (tertiary/aromatic N) is 5. The van der Waals surface area contributed by atoms with Crippen LogP contribution < -0.4 is 5.32 Å². The highest BCUT2D eigenvalue weighted by molar-refractivity contribution is 5.88. The summed E-state index contributed by atoms with van der Waals surface area (Å²) in [6, 6.07) is 1.89. The smallest absolute Gasteiger partial charge is 0.335 e. The minimum atomic E-state index is -1.11. The van der Waals surface area contributed by atoms with Crippen LogP contribution in [0.5, 0.6) is 0 Å². The fourth-order valence-corrected chi connectivity index (χ4v) is 3.77. The summed E-state index contributed by atoms with van der Waals surface area (Å²) in [5, 5.41) is 25.0. The second-order valence-electron chi connectivity index (χ2n) is 7.27. The first-order valence-electron chi connectivity index (χ1n) is 9.19. The fraction of sp³-hybridized carbons (Fsp3) is 0.500. The van der Waals surface area contributed by atoms with Gasteiger partial charge >= 0.3 is 5.97 Å². The van der Waals surface area contributed by atoms with E-state index >= 15 is 0 Å². The molecular formula is C18H23N7O3. The van der Waals surface area contributed by atoms with Gasteiger partial charge in [0.25, 0.3) is 0 Å². The number of aryl methyl sites for hydroxylation is 2. The summed E-state index contributed by atoms with van der Waals surface area (Å²) >= 11 is 0. The van der Waals surface area contributed by atoms with Crippen LogP contribution in [-0.4, -0.2) is 53.7 Å². The number of aliphatic carboxylic acids is 1. The Hall–Kier alpha value is -3.01. The van der Waals surface area contributed by atoms with Crippen molar-refractivity contribution in [3.63, 3.8) is 0 Å². The Kier molecular flexibility index (Phi) is 4.50. The number of methoxy groups -OCH3 is 1. The van der Waals surface area contributed by atoms with Gasteiger partial charge in [0.1, 0.15) is 11.6 Å². The Labute approximate surface area is 161 Å². The summed E-state index contributed by atoms with van der Waals surface area (Å²) in [6.07, 6.45) is 3.87. The van der Waals surface area contributed by atoms with Crippen molar-refractivity contribution in [3.05, 3.63) is 23.8 Å². The zero-order valence-corrected chi connectivity index (χ0v) is 16.1. The molecule has 0 amide bonds. The van der Waals surface area contributed by atoms with E-state index < -0.39 is 11.6 Å². The number of rotatable bonds is 5.